The van der Waals surface area contributed by atoms with E-state index in [1.807, 2.05) is 0 Å². The van der Waals surface area contributed by atoms with Crippen LogP contribution in [0.1, 0.15) is 80.0 Å². The van der Waals surface area contributed by atoms with E-state index in [9.17, 15) is 14.7 Å². The highest BCUT2D eigenvalue weighted by molar-refractivity contribution is 6.02. The van der Waals surface area contributed by atoms with E-state index in [1.54, 1.807) is 12.1 Å². The molecular formula is C18H26O4. The maximum absolute atomic E-state index is 12.5. The number of carbonyl (C=O) groups is 2. The fraction of sp³-hybridized carbons (Fsp3) is 0.556. The molecule has 0 saturated carbocycles. The van der Waals surface area contributed by atoms with Gasteiger partial charge in [0.1, 0.15) is 5.60 Å². The molecule has 122 valence electrons. The summed E-state index contributed by atoms with van der Waals surface area (Å²) in [6, 6.07) is 6.21. The average Bonchev–Trinajstić information content (AvgIpc) is 2.48. The van der Waals surface area contributed by atoms with Crippen LogP contribution in [0, 0.1) is 0 Å². The molecule has 0 aliphatic heterocycles. The molecule has 0 aromatic heterocycles. The van der Waals surface area contributed by atoms with E-state index in [2.05, 4.69) is 20.8 Å². The van der Waals surface area contributed by atoms with Crippen LogP contribution in [0.3, 0.4) is 0 Å². The fourth-order valence-corrected chi connectivity index (χ4v) is 2.99. The number of aromatic carboxylic acids is 1. The second kappa shape index (κ2) is 8.57. The number of carboxylic acids is 1. The van der Waals surface area contributed by atoms with E-state index >= 15 is 0 Å². The minimum Gasteiger partial charge on any atom is -0.478 e. The first-order chi connectivity index (χ1) is 10.5. The second-order valence-electron chi connectivity index (χ2n) is 5.67. The van der Waals surface area contributed by atoms with Gasteiger partial charge in [-0.05, 0) is 31.4 Å². The summed E-state index contributed by atoms with van der Waals surface area (Å²) in [5.74, 6) is -1.65. The van der Waals surface area contributed by atoms with E-state index in [4.69, 9.17) is 4.74 Å². The Kier molecular flexibility index (Phi) is 7.09. The maximum Gasteiger partial charge on any atom is 0.339 e. The molecule has 4 heteroatoms. The van der Waals surface area contributed by atoms with E-state index in [-0.39, 0.29) is 11.1 Å². The topological polar surface area (TPSA) is 63.6 Å². The van der Waals surface area contributed by atoms with Crippen LogP contribution in [0.4, 0.5) is 0 Å². The molecule has 0 spiro atoms. The summed E-state index contributed by atoms with van der Waals surface area (Å²) in [7, 11) is 0. The van der Waals surface area contributed by atoms with E-state index < -0.39 is 17.5 Å². The number of esters is 1. The minimum atomic E-state index is -1.11. The molecule has 0 radical (unpaired) electrons. The summed E-state index contributed by atoms with van der Waals surface area (Å²) in [6.45, 7) is 6.21. The van der Waals surface area contributed by atoms with Crippen LogP contribution in [-0.2, 0) is 4.74 Å². The van der Waals surface area contributed by atoms with Crippen molar-refractivity contribution >= 4 is 11.9 Å². The number of benzene rings is 1. The molecule has 22 heavy (non-hydrogen) atoms. The molecule has 0 bridgehead atoms. The first-order valence-corrected chi connectivity index (χ1v) is 8.05. The van der Waals surface area contributed by atoms with Crippen LogP contribution in [0.2, 0.25) is 0 Å². The number of carbonyl (C=O) groups excluding carboxylic acids is 1. The number of ether oxygens (including phenoxy) is 1. The van der Waals surface area contributed by atoms with Gasteiger partial charge in [-0.15, -0.1) is 0 Å². The molecule has 0 saturated heterocycles. The quantitative estimate of drug-likeness (QED) is 0.673. The number of hydrogen-bond donors (Lipinski definition) is 1. The Bertz CT molecular complexity index is 491. The van der Waals surface area contributed by atoms with E-state index in [0.717, 1.165) is 38.5 Å². The number of carboxylic acid groups (broad SMARTS) is 1. The average molecular weight is 306 g/mol. The van der Waals surface area contributed by atoms with Crippen molar-refractivity contribution in [3.63, 3.8) is 0 Å². The molecule has 1 aromatic rings. The zero-order chi connectivity index (χ0) is 16.6. The van der Waals surface area contributed by atoms with Crippen LogP contribution < -0.4 is 0 Å². The molecule has 0 unspecified atom stereocenters. The van der Waals surface area contributed by atoms with Gasteiger partial charge in [-0.2, -0.15) is 0 Å². The van der Waals surface area contributed by atoms with Gasteiger partial charge >= 0.3 is 11.9 Å². The third-order valence-electron chi connectivity index (χ3n) is 3.80. The summed E-state index contributed by atoms with van der Waals surface area (Å²) in [6.07, 6.45) is 5.18. The van der Waals surface area contributed by atoms with Gasteiger partial charge < -0.3 is 9.84 Å². The van der Waals surface area contributed by atoms with Crippen LogP contribution >= 0.6 is 0 Å². The zero-order valence-electron chi connectivity index (χ0n) is 13.7. The summed E-state index contributed by atoms with van der Waals surface area (Å²) < 4.78 is 5.83. The Hall–Kier alpha value is -1.84. The van der Waals surface area contributed by atoms with Crippen molar-refractivity contribution in [3.05, 3.63) is 35.4 Å². The van der Waals surface area contributed by atoms with Crippen molar-refractivity contribution in [3.8, 4) is 0 Å². The molecule has 0 amide bonds. The molecule has 0 aliphatic rings. The first kappa shape index (κ1) is 18.2. The van der Waals surface area contributed by atoms with Crippen LogP contribution in [0.15, 0.2) is 24.3 Å². The normalized spacial score (nSPS) is 11.2. The smallest absolute Gasteiger partial charge is 0.339 e. The molecular weight excluding hydrogens is 280 g/mol. The predicted octanol–water partition coefficient (Wildman–Crippen LogP) is 4.68. The molecule has 1 aromatic carbocycles. The van der Waals surface area contributed by atoms with Crippen molar-refractivity contribution in [2.24, 2.45) is 0 Å². The van der Waals surface area contributed by atoms with Gasteiger partial charge in [0.2, 0.25) is 0 Å². The van der Waals surface area contributed by atoms with Crippen LogP contribution in [-0.4, -0.2) is 22.6 Å². The molecule has 4 nitrogen and oxygen atoms in total. The van der Waals surface area contributed by atoms with Gasteiger partial charge in [0.25, 0.3) is 0 Å². The van der Waals surface area contributed by atoms with Crippen molar-refractivity contribution in [2.75, 3.05) is 0 Å². The Morgan fingerprint density at radius 1 is 0.955 bits per heavy atom. The lowest BCUT2D eigenvalue weighted by Gasteiger charge is -2.33. The lowest BCUT2D eigenvalue weighted by molar-refractivity contribution is -0.0335. The highest BCUT2D eigenvalue weighted by Crippen LogP contribution is 2.31. The maximum atomic E-state index is 12.5. The lowest BCUT2D eigenvalue weighted by atomic mass is 9.87. The number of hydrogen-bond acceptors (Lipinski definition) is 3. The van der Waals surface area contributed by atoms with Crippen LogP contribution in [0.25, 0.3) is 0 Å². The molecule has 0 atom stereocenters. The van der Waals surface area contributed by atoms with Gasteiger partial charge in [-0.1, -0.05) is 52.2 Å². The van der Waals surface area contributed by atoms with Gasteiger partial charge in [-0.25, -0.2) is 9.59 Å². The van der Waals surface area contributed by atoms with Crippen LogP contribution in [0.5, 0.6) is 0 Å². The SMILES string of the molecule is CCCC(CCC)(CCC)OC(=O)c1ccccc1C(=O)O. The Balaban J connectivity index is 3.07. The second-order valence-corrected chi connectivity index (χ2v) is 5.67. The van der Waals surface area contributed by atoms with Crippen molar-refractivity contribution in [2.45, 2.75) is 64.9 Å². The molecule has 1 rings (SSSR count). The molecule has 0 fully saturated rings. The summed E-state index contributed by atoms with van der Waals surface area (Å²) in [5.41, 5.74) is -0.366. The van der Waals surface area contributed by atoms with Crippen molar-refractivity contribution < 1.29 is 19.4 Å². The first-order valence-electron chi connectivity index (χ1n) is 8.05. The third-order valence-corrected chi connectivity index (χ3v) is 3.80. The molecule has 0 heterocycles. The monoisotopic (exact) mass is 306 g/mol. The molecule has 0 aliphatic carbocycles. The minimum absolute atomic E-state index is 0.00843. The summed E-state index contributed by atoms with van der Waals surface area (Å²) >= 11 is 0. The van der Waals surface area contributed by atoms with Crippen molar-refractivity contribution in [1.82, 2.24) is 0 Å². The van der Waals surface area contributed by atoms with Gasteiger partial charge in [-0.3, -0.25) is 0 Å². The predicted molar refractivity (Wildman–Crippen MR) is 86.3 cm³/mol. The van der Waals surface area contributed by atoms with E-state index in [0.29, 0.717) is 0 Å². The lowest BCUT2D eigenvalue weighted by Crippen LogP contribution is -2.35. The van der Waals surface area contributed by atoms with E-state index in [1.165, 1.54) is 12.1 Å². The largest absolute Gasteiger partial charge is 0.478 e. The molecule has 1 N–H and O–H groups in total. The van der Waals surface area contributed by atoms with Gasteiger partial charge in [0.05, 0.1) is 11.1 Å². The summed E-state index contributed by atoms with van der Waals surface area (Å²) in [5, 5.41) is 9.22. The van der Waals surface area contributed by atoms with Crippen molar-refractivity contribution in [1.29, 1.82) is 0 Å². The fourth-order valence-electron chi connectivity index (χ4n) is 2.99. The highest BCUT2D eigenvalue weighted by atomic mass is 16.6. The standard InChI is InChI=1S/C18H26O4/c1-4-11-18(12-5-2,13-6-3)22-17(21)15-10-8-7-9-14(15)16(19)20/h7-10H,4-6,11-13H2,1-3H3,(H,19,20). The number of rotatable bonds is 9. The third kappa shape index (κ3) is 4.58. The van der Waals surface area contributed by atoms with Gasteiger partial charge in [0.15, 0.2) is 0 Å². The van der Waals surface area contributed by atoms with Gasteiger partial charge in [0, 0.05) is 0 Å². The Morgan fingerprint density at radius 2 is 1.41 bits per heavy atom. The summed E-state index contributed by atoms with van der Waals surface area (Å²) in [4.78, 5) is 23.8. The Morgan fingerprint density at radius 3 is 1.82 bits per heavy atom. The highest BCUT2D eigenvalue weighted by Gasteiger charge is 2.33. The Labute approximate surface area is 132 Å². The zero-order valence-corrected chi connectivity index (χ0v) is 13.7.